The molecular formula is C13H15IN2O5. The van der Waals surface area contributed by atoms with Crippen molar-refractivity contribution in [3.63, 3.8) is 0 Å². The van der Waals surface area contributed by atoms with Gasteiger partial charge in [-0.05, 0) is 34.1 Å². The number of carboxylic acid groups (broad SMARTS) is 1. The van der Waals surface area contributed by atoms with Gasteiger partial charge in [0.05, 0.1) is 10.5 Å². The molecule has 1 amide bonds. The van der Waals surface area contributed by atoms with Crippen LogP contribution in [0.15, 0.2) is 18.2 Å². The van der Waals surface area contributed by atoms with Gasteiger partial charge in [-0.2, -0.15) is 0 Å². The summed E-state index contributed by atoms with van der Waals surface area (Å²) in [4.78, 5) is 33.6. The molecule has 1 aromatic carbocycles. The van der Waals surface area contributed by atoms with Crippen LogP contribution in [0.1, 0.15) is 31.1 Å². The number of nitrogens with one attached hydrogen (secondary N) is 1. The Morgan fingerprint density at radius 1 is 1.38 bits per heavy atom. The Hall–Kier alpha value is -1.71. The number of carbonyl (C=O) groups is 2. The smallest absolute Gasteiger partial charge is 0.326 e. The molecule has 7 nitrogen and oxygen atoms in total. The van der Waals surface area contributed by atoms with E-state index in [1.807, 2.05) is 22.6 Å². The minimum atomic E-state index is -1.16. The van der Waals surface area contributed by atoms with Crippen LogP contribution in [0.2, 0.25) is 0 Å². The van der Waals surface area contributed by atoms with Crippen LogP contribution in [0.4, 0.5) is 5.69 Å². The van der Waals surface area contributed by atoms with Crippen molar-refractivity contribution in [1.29, 1.82) is 0 Å². The Labute approximate surface area is 135 Å². The van der Waals surface area contributed by atoms with E-state index < -0.39 is 28.3 Å². The van der Waals surface area contributed by atoms with Gasteiger partial charge < -0.3 is 10.4 Å². The molecule has 21 heavy (non-hydrogen) atoms. The molecule has 0 bridgehead atoms. The molecule has 8 heteroatoms. The zero-order valence-electron chi connectivity index (χ0n) is 11.7. The average molecular weight is 406 g/mol. The number of hydrogen-bond donors (Lipinski definition) is 2. The summed E-state index contributed by atoms with van der Waals surface area (Å²) in [5.41, 5.74) is -0.823. The topological polar surface area (TPSA) is 110 Å². The van der Waals surface area contributed by atoms with E-state index in [1.54, 1.807) is 20.8 Å². The third kappa shape index (κ3) is 4.38. The highest BCUT2D eigenvalue weighted by Gasteiger charge is 2.33. The highest BCUT2D eigenvalue weighted by molar-refractivity contribution is 14.1. The van der Waals surface area contributed by atoms with E-state index in [4.69, 9.17) is 0 Å². The molecular weight excluding hydrogens is 391 g/mol. The monoisotopic (exact) mass is 406 g/mol. The van der Waals surface area contributed by atoms with Crippen molar-refractivity contribution in [3.8, 4) is 0 Å². The molecule has 0 heterocycles. The summed E-state index contributed by atoms with van der Waals surface area (Å²) in [7, 11) is 0. The quantitative estimate of drug-likeness (QED) is 0.454. The largest absolute Gasteiger partial charge is 0.480 e. The van der Waals surface area contributed by atoms with Crippen molar-refractivity contribution in [2.75, 3.05) is 0 Å². The van der Waals surface area contributed by atoms with Crippen molar-refractivity contribution in [2.24, 2.45) is 5.41 Å². The Morgan fingerprint density at radius 3 is 2.38 bits per heavy atom. The number of nitro benzene ring substituents is 1. The second kappa shape index (κ2) is 6.37. The molecule has 1 atom stereocenters. The summed E-state index contributed by atoms with van der Waals surface area (Å²) in [6.45, 7) is 5.05. The van der Waals surface area contributed by atoms with Crippen LogP contribution < -0.4 is 5.32 Å². The maximum Gasteiger partial charge on any atom is 0.326 e. The number of benzene rings is 1. The van der Waals surface area contributed by atoms with E-state index in [-0.39, 0.29) is 11.3 Å². The van der Waals surface area contributed by atoms with Crippen LogP contribution in [-0.4, -0.2) is 27.9 Å². The number of nitro groups is 1. The number of non-ortho nitro benzene ring substituents is 1. The first kappa shape index (κ1) is 17.3. The first-order valence-corrected chi connectivity index (χ1v) is 7.09. The van der Waals surface area contributed by atoms with Crippen LogP contribution in [0.25, 0.3) is 0 Å². The zero-order chi connectivity index (χ0) is 16.4. The molecule has 0 fully saturated rings. The number of nitrogens with zero attached hydrogens (tertiary/aromatic N) is 1. The molecule has 1 aromatic rings. The fraction of sp³-hybridized carbons (Fsp3) is 0.385. The standard InChI is InChI=1S/C13H15IN2O5/c1-13(2,3)10(12(18)19)15-11(17)8-6-7(16(20)21)4-5-9(8)14/h4-6,10H,1-3H3,(H,15,17)(H,18,19)/t10-/m1/s1. The van der Waals surface area contributed by atoms with Crippen molar-refractivity contribution >= 4 is 40.2 Å². The Morgan fingerprint density at radius 2 is 1.95 bits per heavy atom. The maximum atomic E-state index is 12.2. The molecule has 0 spiro atoms. The number of rotatable bonds is 4. The highest BCUT2D eigenvalue weighted by atomic mass is 127. The summed E-state index contributed by atoms with van der Waals surface area (Å²) >= 11 is 1.87. The van der Waals surface area contributed by atoms with Gasteiger partial charge in [-0.1, -0.05) is 20.8 Å². The molecule has 1 rings (SSSR count). The maximum absolute atomic E-state index is 12.2. The fourth-order valence-electron chi connectivity index (χ4n) is 1.66. The number of amides is 1. The second-order valence-corrected chi connectivity index (χ2v) is 6.69. The van der Waals surface area contributed by atoms with Gasteiger partial charge in [0.1, 0.15) is 6.04 Å². The lowest BCUT2D eigenvalue weighted by Gasteiger charge is -2.27. The van der Waals surface area contributed by atoms with E-state index in [0.29, 0.717) is 3.57 Å². The lowest BCUT2D eigenvalue weighted by Crippen LogP contribution is -2.49. The number of hydrogen-bond acceptors (Lipinski definition) is 4. The molecule has 114 valence electrons. The van der Waals surface area contributed by atoms with Gasteiger partial charge in [0, 0.05) is 15.7 Å². The molecule has 0 radical (unpaired) electrons. The third-order valence-electron chi connectivity index (χ3n) is 2.79. The SMILES string of the molecule is CC(C)(C)[C@H](NC(=O)c1cc([N+](=O)[O-])ccc1I)C(=O)O. The van der Waals surface area contributed by atoms with Gasteiger partial charge in [0.2, 0.25) is 0 Å². The Balaban J connectivity index is 3.11. The second-order valence-electron chi connectivity index (χ2n) is 5.53. The Kier molecular flexibility index (Phi) is 5.26. The molecule has 0 aliphatic heterocycles. The normalized spacial score (nSPS) is 12.6. The first-order valence-electron chi connectivity index (χ1n) is 6.01. The van der Waals surface area contributed by atoms with Gasteiger partial charge in [0.25, 0.3) is 11.6 Å². The summed E-state index contributed by atoms with van der Waals surface area (Å²) in [5.74, 6) is -1.80. The molecule has 0 aliphatic rings. The van der Waals surface area contributed by atoms with Gasteiger partial charge in [-0.15, -0.1) is 0 Å². The molecule has 0 saturated heterocycles. The van der Waals surface area contributed by atoms with Gasteiger partial charge >= 0.3 is 5.97 Å². The molecule has 2 N–H and O–H groups in total. The van der Waals surface area contributed by atoms with E-state index in [1.165, 1.54) is 12.1 Å². The minimum Gasteiger partial charge on any atom is -0.480 e. The summed E-state index contributed by atoms with van der Waals surface area (Å²) in [5, 5.41) is 22.4. The molecule has 0 saturated carbocycles. The predicted octanol–water partition coefficient (Wildman–Crippen LogP) is 2.43. The molecule has 0 unspecified atom stereocenters. The van der Waals surface area contributed by atoms with Gasteiger partial charge in [-0.3, -0.25) is 14.9 Å². The van der Waals surface area contributed by atoms with Crippen LogP contribution in [0.5, 0.6) is 0 Å². The predicted molar refractivity (Wildman–Crippen MR) is 84.2 cm³/mol. The van der Waals surface area contributed by atoms with Crippen LogP contribution >= 0.6 is 22.6 Å². The van der Waals surface area contributed by atoms with Crippen LogP contribution in [0, 0.1) is 19.1 Å². The Bertz CT molecular complexity index is 595. The molecule has 0 aromatic heterocycles. The lowest BCUT2D eigenvalue weighted by molar-refractivity contribution is -0.384. The minimum absolute atomic E-state index is 0.0836. The summed E-state index contributed by atoms with van der Waals surface area (Å²) in [6.07, 6.45) is 0. The number of carbonyl (C=O) groups excluding carboxylic acids is 1. The highest BCUT2D eigenvalue weighted by Crippen LogP contribution is 2.22. The summed E-state index contributed by atoms with van der Waals surface area (Å²) in [6, 6.07) is 2.77. The first-order chi connectivity index (χ1) is 9.54. The third-order valence-corrected chi connectivity index (χ3v) is 3.73. The number of carboxylic acids is 1. The van der Waals surface area contributed by atoms with Crippen LogP contribution in [-0.2, 0) is 4.79 Å². The van der Waals surface area contributed by atoms with Gasteiger partial charge in [0.15, 0.2) is 0 Å². The van der Waals surface area contributed by atoms with E-state index >= 15 is 0 Å². The van der Waals surface area contributed by atoms with Crippen LogP contribution in [0.3, 0.4) is 0 Å². The summed E-state index contributed by atoms with van der Waals surface area (Å²) < 4.78 is 0.508. The fourth-order valence-corrected chi connectivity index (χ4v) is 2.24. The van der Waals surface area contributed by atoms with Crippen molar-refractivity contribution in [2.45, 2.75) is 26.8 Å². The number of halogens is 1. The lowest BCUT2D eigenvalue weighted by atomic mass is 9.86. The van der Waals surface area contributed by atoms with E-state index in [9.17, 15) is 24.8 Å². The van der Waals surface area contributed by atoms with E-state index in [2.05, 4.69) is 5.32 Å². The van der Waals surface area contributed by atoms with Crippen molar-refractivity contribution < 1.29 is 19.6 Å². The van der Waals surface area contributed by atoms with Gasteiger partial charge in [-0.25, -0.2) is 4.79 Å². The zero-order valence-corrected chi connectivity index (χ0v) is 13.9. The van der Waals surface area contributed by atoms with Crippen molar-refractivity contribution in [1.82, 2.24) is 5.32 Å². The average Bonchev–Trinajstić information content (AvgIpc) is 2.33. The van der Waals surface area contributed by atoms with E-state index in [0.717, 1.165) is 6.07 Å². The molecule has 0 aliphatic carbocycles. The number of aliphatic carboxylic acids is 1. The van der Waals surface area contributed by atoms with Crippen molar-refractivity contribution in [3.05, 3.63) is 37.4 Å².